The van der Waals surface area contributed by atoms with Crippen LogP contribution in [0, 0.1) is 0 Å². The lowest BCUT2D eigenvalue weighted by Crippen LogP contribution is -2.53. The molecule has 0 saturated carbocycles. The van der Waals surface area contributed by atoms with Crippen molar-refractivity contribution >= 4 is 17.6 Å². The van der Waals surface area contributed by atoms with Gasteiger partial charge >= 0.3 is 5.97 Å². The summed E-state index contributed by atoms with van der Waals surface area (Å²) in [7, 11) is 0. The topological polar surface area (TPSA) is 78.4 Å². The number of anilines is 1. The van der Waals surface area contributed by atoms with E-state index in [4.69, 9.17) is 5.11 Å². The first-order valence-electron chi connectivity index (χ1n) is 5.80. The number of carbonyl (C=O) groups excluding carboxylic acids is 1. The number of rotatable bonds is 3. The Kier molecular flexibility index (Phi) is 2.98. The zero-order valence-electron chi connectivity index (χ0n) is 10.4. The van der Waals surface area contributed by atoms with E-state index in [9.17, 15) is 9.59 Å². The minimum Gasteiger partial charge on any atom is -0.480 e. The SMILES string of the molecule is CC(C)(NC(=O)[C@@H]1Cc2ccccc2N1)C(=O)O. The number of carboxylic acid groups (broad SMARTS) is 1. The molecule has 5 heteroatoms. The van der Waals surface area contributed by atoms with Crippen molar-refractivity contribution in [3.63, 3.8) is 0 Å². The van der Waals surface area contributed by atoms with E-state index in [-0.39, 0.29) is 5.91 Å². The van der Waals surface area contributed by atoms with Gasteiger partial charge in [-0.15, -0.1) is 0 Å². The molecule has 1 aromatic carbocycles. The lowest BCUT2D eigenvalue weighted by molar-refractivity contribution is -0.146. The zero-order valence-corrected chi connectivity index (χ0v) is 10.4. The highest BCUT2D eigenvalue weighted by molar-refractivity contribution is 5.92. The van der Waals surface area contributed by atoms with Crippen molar-refractivity contribution in [2.75, 3.05) is 5.32 Å². The van der Waals surface area contributed by atoms with Crippen LogP contribution in [0.15, 0.2) is 24.3 Å². The number of amides is 1. The van der Waals surface area contributed by atoms with Gasteiger partial charge < -0.3 is 15.7 Å². The van der Waals surface area contributed by atoms with Gasteiger partial charge in [-0.3, -0.25) is 4.79 Å². The van der Waals surface area contributed by atoms with Crippen LogP contribution in [0.2, 0.25) is 0 Å². The molecule has 0 fully saturated rings. The average Bonchev–Trinajstić information content (AvgIpc) is 2.71. The maximum Gasteiger partial charge on any atom is 0.328 e. The molecule has 5 nitrogen and oxygen atoms in total. The van der Waals surface area contributed by atoms with Crippen molar-refractivity contribution in [2.45, 2.75) is 31.8 Å². The van der Waals surface area contributed by atoms with E-state index in [2.05, 4.69) is 10.6 Å². The fraction of sp³-hybridized carbons (Fsp3) is 0.385. The Hall–Kier alpha value is -2.04. The van der Waals surface area contributed by atoms with Crippen molar-refractivity contribution < 1.29 is 14.7 Å². The molecule has 1 aromatic rings. The van der Waals surface area contributed by atoms with Gasteiger partial charge in [0.25, 0.3) is 0 Å². The largest absolute Gasteiger partial charge is 0.480 e. The number of benzene rings is 1. The number of fused-ring (bicyclic) bond motifs is 1. The molecular formula is C13H16N2O3. The van der Waals surface area contributed by atoms with Crippen molar-refractivity contribution in [1.82, 2.24) is 5.32 Å². The van der Waals surface area contributed by atoms with E-state index in [1.54, 1.807) is 0 Å². The van der Waals surface area contributed by atoms with Crippen LogP contribution in [0.25, 0.3) is 0 Å². The van der Waals surface area contributed by atoms with Gasteiger partial charge in [-0.1, -0.05) is 18.2 Å². The van der Waals surface area contributed by atoms with Crippen LogP contribution in [0.5, 0.6) is 0 Å². The van der Waals surface area contributed by atoms with Gasteiger partial charge in [0, 0.05) is 12.1 Å². The van der Waals surface area contributed by atoms with Gasteiger partial charge in [0.1, 0.15) is 11.6 Å². The number of carbonyl (C=O) groups is 2. The molecule has 3 N–H and O–H groups in total. The Balaban J connectivity index is 2.04. The van der Waals surface area contributed by atoms with E-state index in [1.807, 2.05) is 24.3 Å². The van der Waals surface area contributed by atoms with E-state index < -0.39 is 17.6 Å². The van der Waals surface area contributed by atoms with Crippen molar-refractivity contribution in [3.8, 4) is 0 Å². The summed E-state index contributed by atoms with van der Waals surface area (Å²) >= 11 is 0. The normalized spacial score (nSPS) is 17.8. The van der Waals surface area contributed by atoms with E-state index >= 15 is 0 Å². The minimum atomic E-state index is -1.26. The molecule has 1 aliphatic heterocycles. The first-order valence-corrected chi connectivity index (χ1v) is 5.80. The number of aliphatic carboxylic acids is 1. The third kappa shape index (κ3) is 2.30. The highest BCUT2D eigenvalue weighted by Gasteiger charge is 2.34. The van der Waals surface area contributed by atoms with Crippen molar-refractivity contribution in [1.29, 1.82) is 0 Å². The fourth-order valence-corrected chi connectivity index (χ4v) is 1.90. The number of carboxylic acids is 1. The van der Waals surface area contributed by atoms with Crippen LogP contribution < -0.4 is 10.6 Å². The van der Waals surface area contributed by atoms with Gasteiger partial charge in [-0.25, -0.2) is 4.79 Å². The molecule has 1 atom stereocenters. The molecule has 1 amide bonds. The fourth-order valence-electron chi connectivity index (χ4n) is 1.90. The average molecular weight is 248 g/mol. The lowest BCUT2D eigenvalue weighted by Gasteiger charge is -2.23. The Bertz CT molecular complexity index is 472. The van der Waals surface area contributed by atoms with Crippen LogP contribution >= 0.6 is 0 Å². The summed E-state index contributed by atoms with van der Waals surface area (Å²) in [6.45, 7) is 2.94. The molecule has 1 heterocycles. The van der Waals surface area contributed by atoms with Crippen LogP contribution in [0.4, 0.5) is 5.69 Å². The van der Waals surface area contributed by atoms with Gasteiger partial charge in [0.2, 0.25) is 5.91 Å². The molecule has 96 valence electrons. The Morgan fingerprint density at radius 3 is 2.67 bits per heavy atom. The molecule has 0 unspecified atom stereocenters. The molecule has 0 aliphatic carbocycles. The number of hydrogen-bond donors (Lipinski definition) is 3. The molecule has 1 aliphatic rings. The van der Waals surface area contributed by atoms with Crippen LogP contribution in [0.3, 0.4) is 0 Å². The maximum absolute atomic E-state index is 12.0. The summed E-state index contributed by atoms with van der Waals surface area (Å²) in [6.07, 6.45) is 0.581. The highest BCUT2D eigenvalue weighted by atomic mass is 16.4. The smallest absolute Gasteiger partial charge is 0.328 e. The predicted molar refractivity (Wildman–Crippen MR) is 67.4 cm³/mol. The van der Waals surface area contributed by atoms with E-state index in [1.165, 1.54) is 13.8 Å². The van der Waals surface area contributed by atoms with Gasteiger partial charge in [-0.2, -0.15) is 0 Å². The van der Waals surface area contributed by atoms with Crippen molar-refractivity contribution in [3.05, 3.63) is 29.8 Å². The maximum atomic E-state index is 12.0. The highest BCUT2D eigenvalue weighted by Crippen LogP contribution is 2.25. The lowest BCUT2D eigenvalue weighted by atomic mass is 10.0. The standard InChI is InChI=1S/C13H16N2O3/c1-13(2,12(17)18)15-11(16)10-7-8-5-3-4-6-9(8)14-10/h3-6,10,14H,7H2,1-2H3,(H,15,16)(H,17,18)/t10-/m0/s1. The zero-order chi connectivity index (χ0) is 13.3. The third-order valence-corrected chi connectivity index (χ3v) is 3.06. The number of nitrogens with one attached hydrogen (secondary N) is 2. The second-order valence-corrected chi connectivity index (χ2v) is 4.98. The summed E-state index contributed by atoms with van der Waals surface area (Å²) in [4.78, 5) is 23.0. The number of para-hydroxylation sites is 1. The quantitative estimate of drug-likeness (QED) is 0.745. The second kappa shape index (κ2) is 4.33. The van der Waals surface area contributed by atoms with Gasteiger partial charge in [0.05, 0.1) is 0 Å². The van der Waals surface area contributed by atoms with Crippen molar-refractivity contribution in [2.24, 2.45) is 0 Å². The molecule has 18 heavy (non-hydrogen) atoms. The van der Waals surface area contributed by atoms with Gasteiger partial charge in [-0.05, 0) is 25.5 Å². The Morgan fingerprint density at radius 2 is 2.06 bits per heavy atom. The summed E-state index contributed by atoms with van der Waals surface area (Å²) in [6, 6.07) is 7.28. The predicted octanol–water partition coefficient (Wildman–Crippen LogP) is 1.00. The van der Waals surface area contributed by atoms with E-state index in [0.717, 1.165) is 11.3 Å². The molecular weight excluding hydrogens is 232 g/mol. The monoisotopic (exact) mass is 248 g/mol. The molecule has 0 radical (unpaired) electrons. The molecule has 0 aromatic heterocycles. The first-order chi connectivity index (χ1) is 8.40. The summed E-state index contributed by atoms with van der Waals surface area (Å²) in [5.41, 5.74) is 0.754. The molecule has 0 saturated heterocycles. The van der Waals surface area contributed by atoms with Gasteiger partial charge in [0.15, 0.2) is 0 Å². The molecule has 2 rings (SSSR count). The minimum absolute atomic E-state index is 0.293. The Morgan fingerprint density at radius 1 is 1.39 bits per heavy atom. The van der Waals surface area contributed by atoms with Crippen LogP contribution in [0.1, 0.15) is 19.4 Å². The summed E-state index contributed by atoms with van der Waals surface area (Å²) in [5.74, 6) is -1.34. The third-order valence-electron chi connectivity index (χ3n) is 3.06. The molecule has 0 spiro atoms. The Labute approximate surface area is 105 Å². The van der Waals surface area contributed by atoms with E-state index in [0.29, 0.717) is 6.42 Å². The first kappa shape index (κ1) is 12.4. The van der Waals surface area contributed by atoms with Crippen LogP contribution in [-0.4, -0.2) is 28.6 Å². The summed E-state index contributed by atoms with van der Waals surface area (Å²) in [5, 5.41) is 14.6. The second-order valence-electron chi connectivity index (χ2n) is 4.98. The number of hydrogen-bond acceptors (Lipinski definition) is 3. The van der Waals surface area contributed by atoms with Crippen LogP contribution in [-0.2, 0) is 16.0 Å². The summed E-state index contributed by atoms with van der Waals surface area (Å²) < 4.78 is 0. The molecule has 0 bridgehead atoms.